The van der Waals surface area contributed by atoms with E-state index in [0.717, 1.165) is 32.5 Å². The zero-order valence-electron chi connectivity index (χ0n) is 10.5. The number of ether oxygens (including phenoxy) is 2. The SMILES string of the molecule is CCOC(CN1CCC(CO)CC1)OCC. The number of aliphatic hydroxyl groups excluding tert-OH is 1. The van der Waals surface area contributed by atoms with Crippen LogP contribution in [0.5, 0.6) is 0 Å². The summed E-state index contributed by atoms with van der Waals surface area (Å²) in [6, 6.07) is 0. The molecule has 1 saturated heterocycles. The fraction of sp³-hybridized carbons (Fsp3) is 1.00. The molecular formula is C12H25NO3. The van der Waals surface area contributed by atoms with E-state index < -0.39 is 0 Å². The summed E-state index contributed by atoms with van der Waals surface area (Å²) in [5, 5.41) is 9.06. The van der Waals surface area contributed by atoms with E-state index in [1.165, 1.54) is 0 Å². The van der Waals surface area contributed by atoms with Crippen LogP contribution in [0.3, 0.4) is 0 Å². The summed E-state index contributed by atoms with van der Waals surface area (Å²) < 4.78 is 11.1. The minimum absolute atomic E-state index is 0.0966. The summed E-state index contributed by atoms with van der Waals surface area (Å²) in [6.45, 7) is 8.63. The first-order chi connectivity index (χ1) is 7.80. The zero-order valence-corrected chi connectivity index (χ0v) is 10.5. The molecule has 1 rings (SSSR count). The van der Waals surface area contributed by atoms with Crippen LogP contribution in [-0.4, -0.2) is 55.8 Å². The highest BCUT2D eigenvalue weighted by Gasteiger charge is 2.21. The Labute approximate surface area is 98.5 Å². The Morgan fingerprint density at radius 1 is 1.19 bits per heavy atom. The number of aliphatic hydroxyl groups is 1. The Morgan fingerprint density at radius 3 is 2.19 bits per heavy atom. The smallest absolute Gasteiger partial charge is 0.170 e. The topological polar surface area (TPSA) is 41.9 Å². The van der Waals surface area contributed by atoms with Gasteiger partial charge >= 0.3 is 0 Å². The van der Waals surface area contributed by atoms with Crippen molar-refractivity contribution in [2.75, 3.05) is 39.5 Å². The van der Waals surface area contributed by atoms with E-state index >= 15 is 0 Å². The van der Waals surface area contributed by atoms with Gasteiger partial charge in [0.25, 0.3) is 0 Å². The van der Waals surface area contributed by atoms with Gasteiger partial charge in [0.15, 0.2) is 6.29 Å². The second-order valence-electron chi connectivity index (χ2n) is 4.27. The van der Waals surface area contributed by atoms with Crippen LogP contribution in [0.15, 0.2) is 0 Å². The summed E-state index contributed by atoms with van der Waals surface area (Å²) in [5.41, 5.74) is 0. The minimum atomic E-state index is -0.0966. The molecule has 0 unspecified atom stereocenters. The van der Waals surface area contributed by atoms with E-state index in [1.807, 2.05) is 13.8 Å². The first-order valence-corrected chi connectivity index (χ1v) is 6.36. The zero-order chi connectivity index (χ0) is 11.8. The molecule has 1 aliphatic heterocycles. The molecular weight excluding hydrogens is 206 g/mol. The molecule has 1 aliphatic rings. The van der Waals surface area contributed by atoms with Crippen molar-refractivity contribution in [3.05, 3.63) is 0 Å². The van der Waals surface area contributed by atoms with Gasteiger partial charge in [0.05, 0.1) is 0 Å². The van der Waals surface area contributed by atoms with Gasteiger partial charge in [-0.25, -0.2) is 0 Å². The molecule has 16 heavy (non-hydrogen) atoms. The maximum atomic E-state index is 9.06. The molecule has 4 heteroatoms. The maximum absolute atomic E-state index is 9.06. The molecule has 0 aliphatic carbocycles. The Hall–Kier alpha value is -0.160. The van der Waals surface area contributed by atoms with Crippen LogP contribution in [0.1, 0.15) is 26.7 Å². The van der Waals surface area contributed by atoms with Gasteiger partial charge in [0.2, 0.25) is 0 Å². The lowest BCUT2D eigenvalue weighted by molar-refractivity contribution is -0.149. The summed E-state index contributed by atoms with van der Waals surface area (Å²) in [5.74, 6) is 0.494. The van der Waals surface area contributed by atoms with E-state index in [2.05, 4.69) is 4.90 Å². The van der Waals surface area contributed by atoms with Gasteiger partial charge in [-0.15, -0.1) is 0 Å². The molecule has 0 bridgehead atoms. The molecule has 0 aromatic heterocycles. The third kappa shape index (κ3) is 4.78. The van der Waals surface area contributed by atoms with Crippen molar-refractivity contribution in [1.82, 2.24) is 4.90 Å². The molecule has 1 fully saturated rings. The molecule has 0 amide bonds. The number of rotatable bonds is 7. The quantitative estimate of drug-likeness (QED) is 0.666. The van der Waals surface area contributed by atoms with Gasteiger partial charge in [0, 0.05) is 26.4 Å². The number of piperidine rings is 1. The first kappa shape index (κ1) is 13.9. The largest absolute Gasteiger partial charge is 0.396 e. The fourth-order valence-electron chi connectivity index (χ4n) is 2.09. The second kappa shape index (κ2) is 8.01. The summed E-state index contributed by atoms with van der Waals surface area (Å²) in [6.07, 6.45) is 2.07. The van der Waals surface area contributed by atoms with Crippen molar-refractivity contribution in [1.29, 1.82) is 0 Å². The van der Waals surface area contributed by atoms with E-state index in [4.69, 9.17) is 14.6 Å². The lowest BCUT2D eigenvalue weighted by Crippen LogP contribution is -2.41. The number of hydrogen-bond donors (Lipinski definition) is 1. The standard InChI is InChI=1S/C12H25NO3/c1-3-15-12(16-4-2)9-13-7-5-11(10-14)6-8-13/h11-12,14H,3-10H2,1-2H3. The minimum Gasteiger partial charge on any atom is -0.396 e. The summed E-state index contributed by atoms with van der Waals surface area (Å²) in [4.78, 5) is 2.36. The van der Waals surface area contributed by atoms with E-state index in [-0.39, 0.29) is 6.29 Å². The van der Waals surface area contributed by atoms with Crippen LogP contribution >= 0.6 is 0 Å². The average molecular weight is 231 g/mol. The highest BCUT2D eigenvalue weighted by molar-refractivity contribution is 4.72. The van der Waals surface area contributed by atoms with Crippen molar-refractivity contribution in [3.8, 4) is 0 Å². The molecule has 0 aromatic carbocycles. The molecule has 1 N–H and O–H groups in total. The van der Waals surface area contributed by atoms with Crippen LogP contribution in [0, 0.1) is 5.92 Å². The second-order valence-corrected chi connectivity index (χ2v) is 4.27. The van der Waals surface area contributed by atoms with Gasteiger partial charge < -0.3 is 14.6 Å². The van der Waals surface area contributed by atoms with Crippen LogP contribution in [0.25, 0.3) is 0 Å². The van der Waals surface area contributed by atoms with Gasteiger partial charge in [-0.3, -0.25) is 4.90 Å². The number of nitrogens with zero attached hydrogens (tertiary/aromatic N) is 1. The summed E-state index contributed by atoms with van der Waals surface area (Å²) in [7, 11) is 0. The third-order valence-corrected chi connectivity index (χ3v) is 3.08. The molecule has 0 saturated carbocycles. The average Bonchev–Trinajstić information content (AvgIpc) is 2.31. The van der Waals surface area contributed by atoms with Crippen molar-refractivity contribution in [3.63, 3.8) is 0 Å². The van der Waals surface area contributed by atoms with E-state index in [1.54, 1.807) is 0 Å². The number of hydrogen-bond acceptors (Lipinski definition) is 4. The monoisotopic (exact) mass is 231 g/mol. The molecule has 4 nitrogen and oxygen atoms in total. The highest BCUT2D eigenvalue weighted by Crippen LogP contribution is 2.16. The van der Waals surface area contributed by atoms with Crippen molar-refractivity contribution in [2.45, 2.75) is 33.0 Å². The Morgan fingerprint density at radius 2 is 1.75 bits per heavy atom. The van der Waals surface area contributed by atoms with Gasteiger partial charge in [-0.2, -0.15) is 0 Å². The van der Waals surface area contributed by atoms with Gasteiger partial charge in [0.1, 0.15) is 0 Å². The van der Waals surface area contributed by atoms with Gasteiger partial charge in [-0.05, 0) is 45.7 Å². The molecule has 0 aromatic rings. The molecule has 0 atom stereocenters. The predicted molar refractivity (Wildman–Crippen MR) is 63.3 cm³/mol. The van der Waals surface area contributed by atoms with Crippen molar-refractivity contribution >= 4 is 0 Å². The van der Waals surface area contributed by atoms with Crippen LogP contribution in [-0.2, 0) is 9.47 Å². The lowest BCUT2D eigenvalue weighted by atomic mass is 9.98. The Bertz CT molecular complexity index is 164. The van der Waals surface area contributed by atoms with E-state index in [0.29, 0.717) is 25.7 Å². The number of likely N-dealkylation sites (tertiary alicyclic amines) is 1. The molecule has 0 spiro atoms. The van der Waals surface area contributed by atoms with Crippen molar-refractivity contribution in [2.24, 2.45) is 5.92 Å². The Balaban J connectivity index is 2.24. The van der Waals surface area contributed by atoms with Crippen LogP contribution < -0.4 is 0 Å². The molecule has 1 heterocycles. The Kier molecular flexibility index (Phi) is 6.96. The molecule has 96 valence electrons. The highest BCUT2D eigenvalue weighted by atomic mass is 16.7. The summed E-state index contributed by atoms with van der Waals surface area (Å²) >= 11 is 0. The molecule has 0 radical (unpaired) electrons. The third-order valence-electron chi connectivity index (χ3n) is 3.08. The fourth-order valence-corrected chi connectivity index (χ4v) is 2.09. The normalized spacial score (nSPS) is 19.5. The van der Waals surface area contributed by atoms with Crippen LogP contribution in [0.4, 0.5) is 0 Å². The van der Waals surface area contributed by atoms with Crippen molar-refractivity contribution < 1.29 is 14.6 Å². The lowest BCUT2D eigenvalue weighted by Gasteiger charge is -2.33. The predicted octanol–water partition coefficient (Wildman–Crippen LogP) is 1.09. The van der Waals surface area contributed by atoms with Gasteiger partial charge in [-0.1, -0.05) is 0 Å². The first-order valence-electron chi connectivity index (χ1n) is 6.36. The van der Waals surface area contributed by atoms with Crippen LogP contribution in [0.2, 0.25) is 0 Å². The van der Waals surface area contributed by atoms with E-state index in [9.17, 15) is 0 Å². The maximum Gasteiger partial charge on any atom is 0.170 e.